The Bertz CT molecular complexity index is 1170. The number of hydrogen-bond donors (Lipinski definition) is 1. The lowest BCUT2D eigenvalue weighted by Crippen LogP contribution is -2.46. The number of aromatic nitrogens is 4. The second-order valence-corrected chi connectivity index (χ2v) is 10.6. The molecule has 2 fully saturated rings. The second-order valence-electron chi connectivity index (χ2n) is 10.6. The molecule has 0 radical (unpaired) electrons. The Morgan fingerprint density at radius 3 is 3.03 bits per heavy atom. The minimum Gasteiger partial charge on any atom is -0.366 e. The van der Waals surface area contributed by atoms with Crippen LogP contribution in [0.15, 0.2) is 24.5 Å². The number of fused-ring (bicyclic) bond motifs is 4. The first kappa shape index (κ1) is 20.2. The van der Waals surface area contributed by atoms with E-state index in [1.54, 1.807) is 0 Å². The quantitative estimate of drug-likeness (QED) is 0.671. The zero-order valence-corrected chi connectivity index (χ0v) is 19.3. The maximum atomic E-state index is 6.44. The van der Waals surface area contributed by atoms with Gasteiger partial charge in [0.1, 0.15) is 0 Å². The van der Waals surface area contributed by atoms with Gasteiger partial charge in [-0.05, 0) is 69.4 Å². The molecule has 2 saturated carbocycles. The molecule has 6 nitrogen and oxygen atoms in total. The molecule has 2 N–H and O–H groups in total. The molecular formula is C26H34N6. The van der Waals surface area contributed by atoms with Crippen molar-refractivity contribution in [3.8, 4) is 0 Å². The Hall–Kier alpha value is -2.47. The zero-order valence-electron chi connectivity index (χ0n) is 19.3. The van der Waals surface area contributed by atoms with Gasteiger partial charge in [-0.3, -0.25) is 14.6 Å². The lowest BCUT2D eigenvalue weighted by Gasteiger charge is -2.48. The van der Waals surface area contributed by atoms with Gasteiger partial charge in [-0.25, -0.2) is 0 Å². The summed E-state index contributed by atoms with van der Waals surface area (Å²) in [4.78, 5) is 11.5. The van der Waals surface area contributed by atoms with Gasteiger partial charge in [0.25, 0.3) is 0 Å². The van der Waals surface area contributed by atoms with Crippen LogP contribution in [-0.2, 0) is 19.5 Å². The van der Waals surface area contributed by atoms with Crippen LogP contribution in [0.2, 0.25) is 0 Å². The molecule has 1 aliphatic heterocycles. The van der Waals surface area contributed by atoms with Crippen LogP contribution in [0.1, 0.15) is 61.2 Å². The number of hydrogen-bond acceptors (Lipinski definition) is 5. The van der Waals surface area contributed by atoms with Crippen LogP contribution in [0.5, 0.6) is 0 Å². The van der Waals surface area contributed by atoms with Gasteiger partial charge in [0.15, 0.2) is 0 Å². The fraction of sp³-hybridized carbons (Fsp3) is 0.577. The summed E-state index contributed by atoms with van der Waals surface area (Å²) in [5.41, 5.74) is 14.2. The lowest BCUT2D eigenvalue weighted by atomic mass is 9.60. The van der Waals surface area contributed by atoms with Crippen molar-refractivity contribution < 1.29 is 0 Å². The number of nitrogens with two attached hydrogens (primary N) is 1. The van der Waals surface area contributed by atoms with Crippen LogP contribution in [-0.4, -0.2) is 32.3 Å². The highest BCUT2D eigenvalue weighted by Crippen LogP contribution is 2.49. The molecule has 0 saturated heterocycles. The van der Waals surface area contributed by atoms with Gasteiger partial charge >= 0.3 is 0 Å². The van der Waals surface area contributed by atoms with Gasteiger partial charge in [0, 0.05) is 66.3 Å². The molecular weight excluding hydrogens is 396 g/mol. The first-order valence-corrected chi connectivity index (χ1v) is 12.3. The van der Waals surface area contributed by atoms with Crippen LogP contribution < -0.4 is 10.6 Å². The monoisotopic (exact) mass is 430 g/mol. The summed E-state index contributed by atoms with van der Waals surface area (Å²) < 4.78 is 2.39. The van der Waals surface area contributed by atoms with Gasteiger partial charge in [0.2, 0.25) is 0 Å². The fourth-order valence-electron chi connectivity index (χ4n) is 6.79. The molecule has 0 amide bonds. The molecule has 3 aliphatic rings. The fourth-order valence-corrected chi connectivity index (χ4v) is 6.79. The lowest BCUT2D eigenvalue weighted by molar-refractivity contribution is 0.0423. The molecule has 2 aliphatic carbocycles. The maximum absolute atomic E-state index is 6.44. The minimum atomic E-state index is 0.410. The van der Waals surface area contributed by atoms with Crippen molar-refractivity contribution in [2.24, 2.45) is 17.1 Å². The van der Waals surface area contributed by atoms with Gasteiger partial charge in [-0.15, -0.1) is 0 Å². The van der Waals surface area contributed by atoms with Crippen LogP contribution in [0, 0.1) is 25.2 Å². The van der Waals surface area contributed by atoms with E-state index in [1.165, 1.54) is 66.5 Å². The second kappa shape index (κ2) is 7.55. The molecule has 3 unspecified atom stereocenters. The zero-order chi connectivity index (χ0) is 21.9. The molecule has 2 bridgehead atoms. The van der Waals surface area contributed by atoms with E-state index in [1.807, 2.05) is 12.4 Å². The van der Waals surface area contributed by atoms with E-state index in [-0.39, 0.29) is 0 Å². The predicted octanol–water partition coefficient (Wildman–Crippen LogP) is 4.30. The Morgan fingerprint density at radius 2 is 2.12 bits per heavy atom. The van der Waals surface area contributed by atoms with Gasteiger partial charge in [0.05, 0.1) is 17.4 Å². The van der Waals surface area contributed by atoms with E-state index in [2.05, 4.69) is 45.5 Å². The molecule has 0 spiro atoms. The Labute approximate surface area is 190 Å². The van der Waals surface area contributed by atoms with Crippen LogP contribution in [0.4, 0.5) is 5.69 Å². The van der Waals surface area contributed by atoms with Crippen molar-refractivity contribution in [1.82, 2.24) is 19.7 Å². The van der Waals surface area contributed by atoms with E-state index in [4.69, 9.17) is 10.8 Å². The summed E-state index contributed by atoms with van der Waals surface area (Å²) >= 11 is 0. The smallest absolute Gasteiger partial charge is 0.0909 e. The highest BCUT2D eigenvalue weighted by atomic mass is 15.3. The average Bonchev–Trinajstić information content (AvgIpc) is 3.10. The van der Waals surface area contributed by atoms with E-state index in [9.17, 15) is 0 Å². The van der Waals surface area contributed by atoms with Crippen molar-refractivity contribution in [3.63, 3.8) is 0 Å². The molecule has 3 aromatic rings. The topological polar surface area (TPSA) is 72.9 Å². The highest BCUT2D eigenvalue weighted by molar-refractivity contribution is 5.91. The third-order valence-electron chi connectivity index (χ3n) is 8.47. The molecule has 3 atom stereocenters. The summed E-state index contributed by atoms with van der Waals surface area (Å²) in [5, 5.41) is 6.28. The third kappa shape index (κ3) is 3.31. The SMILES string of the molecule is Cc1cc(N2CCc3c(c(C)nn3CC34CCCC(C3)C(N)CC4)C2)c2ccncc2n1. The summed E-state index contributed by atoms with van der Waals surface area (Å²) in [5.74, 6) is 0.721. The number of pyridine rings is 2. The van der Waals surface area contributed by atoms with Crippen molar-refractivity contribution in [2.75, 3.05) is 11.4 Å². The van der Waals surface area contributed by atoms with Crippen molar-refractivity contribution in [3.05, 3.63) is 47.2 Å². The van der Waals surface area contributed by atoms with Crippen LogP contribution >= 0.6 is 0 Å². The maximum Gasteiger partial charge on any atom is 0.0909 e. The molecule has 6 rings (SSSR count). The third-order valence-corrected chi connectivity index (χ3v) is 8.47. The van der Waals surface area contributed by atoms with Gasteiger partial charge < -0.3 is 10.6 Å². The summed E-state index contributed by atoms with van der Waals surface area (Å²) in [7, 11) is 0. The standard InChI is InChI=1S/C26H34N6/c1-17-12-25(20-6-10-28-14-23(20)29-17)31-11-7-24-21(15-31)18(2)30-32(24)16-26-8-3-4-19(13-26)22(27)5-9-26/h6,10,12,14,19,22H,3-5,7-9,11,13,15-16,27H2,1-2H3. The summed E-state index contributed by atoms with van der Waals surface area (Å²) in [6, 6.07) is 4.73. The molecule has 168 valence electrons. The number of nitrogens with zero attached hydrogens (tertiary/aromatic N) is 5. The number of aryl methyl sites for hydroxylation is 2. The molecule has 0 aromatic carbocycles. The Kier molecular flexibility index (Phi) is 4.75. The molecule has 3 aromatic heterocycles. The first-order valence-electron chi connectivity index (χ1n) is 12.3. The first-order chi connectivity index (χ1) is 15.5. The summed E-state index contributed by atoms with van der Waals surface area (Å²) in [6.45, 7) is 7.27. The minimum absolute atomic E-state index is 0.410. The van der Waals surface area contributed by atoms with Crippen molar-refractivity contribution in [2.45, 2.75) is 77.9 Å². The Morgan fingerprint density at radius 1 is 1.22 bits per heavy atom. The predicted molar refractivity (Wildman–Crippen MR) is 128 cm³/mol. The van der Waals surface area contributed by atoms with E-state index < -0.39 is 0 Å². The van der Waals surface area contributed by atoms with E-state index >= 15 is 0 Å². The van der Waals surface area contributed by atoms with Crippen LogP contribution in [0.25, 0.3) is 10.9 Å². The van der Waals surface area contributed by atoms with E-state index in [0.717, 1.165) is 43.2 Å². The van der Waals surface area contributed by atoms with Gasteiger partial charge in [-0.1, -0.05) is 6.42 Å². The molecule has 32 heavy (non-hydrogen) atoms. The normalized spacial score (nSPS) is 27.5. The average molecular weight is 431 g/mol. The van der Waals surface area contributed by atoms with Crippen molar-refractivity contribution >= 4 is 16.6 Å². The number of rotatable bonds is 3. The van der Waals surface area contributed by atoms with E-state index in [0.29, 0.717) is 11.5 Å². The largest absolute Gasteiger partial charge is 0.366 e. The highest BCUT2D eigenvalue weighted by Gasteiger charge is 2.43. The van der Waals surface area contributed by atoms with Gasteiger partial charge in [-0.2, -0.15) is 5.10 Å². The molecule has 6 heteroatoms. The number of anilines is 1. The van der Waals surface area contributed by atoms with Crippen molar-refractivity contribution in [1.29, 1.82) is 0 Å². The van der Waals surface area contributed by atoms with Crippen LogP contribution in [0.3, 0.4) is 0 Å². The molecule has 4 heterocycles. The Balaban J connectivity index is 1.30. The summed E-state index contributed by atoms with van der Waals surface area (Å²) in [6.07, 6.45) is 12.5.